The molecule has 0 aliphatic heterocycles. The molecule has 0 amide bonds. The second kappa shape index (κ2) is 11.3. The van der Waals surface area contributed by atoms with E-state index in [1.807, 2.05) is 0 Å². The fraction of sp³-hybridized carbons (Fsp3) is 0. The Labute approximate surface area is 302 Å². The van der Waals surface area contributed by atoms with Crippen molar-refractivity contribution in [3.63, 3.8) is 0 Å². The van der Waals surface area contributed by atoms with Gasteiger partial charge in [0.25, 0.3) is 0 Å². The van der Waals surface area contributed by atoms with Crippen LogP contribution in [-0.2, 0) is 0 Å². The molecule has 10 aromatic rings. The second-order valence-corrected chi connectivity index (χ2v) is 13.7. The van der Waals surface area contributed by atoms with Crippen molar-refractivity contribution in [2.75, 3.05) is 4.90 Å². The van der Waals surface area contributed by atoms with E-state index >= 15 is 0 Å². The van der Waals surface area contributed by atoms with Crippen molar-refractivity contribution in [1.82, 2.24) is 4.57 Å². The van der Waals surface area contributed by atoms with E-state index in [0.29, 0.717) is 0 Å². The second-order valence-electron chi connectivity index (χ2n) is 13.7. The molecule has 242 valence electrons. The van der Waals surface area contributed by atoms with Gasteiger partial charge >= 0.3 is 0 Å². The van der Waals surface area contributed by atoms with Crippen LogP contribution in [0.3, 0.4) is 0 Å². The van der Waals surface area contributed by atoms with Crippen molar-refractivity contribution in [1.29, 1.82) is 0 Å². The molecule has 11 rings (SSSR count). The van der Waals surface area contributed by atoms with Crippen LogP contribution < -0.4 is 4.90 Å². The summed E-state index contributed by atoms with van der Waals surface area (Å²) in [5, 5.41) is 7.72. The first-order valence-corrected chi connectivity index (χ1v) is 17.9. The first-order valence-electron chi connectivity index (χ1n) is 17.9. The molecule has 0 unspecified atom stereocenters. The lowest BCUT2D eigenvalue weighted by Crippen LogP contribution is -2.10. The zero-order valence-corrected chi connectivity index (χ0v) is 28.4. The van der Waals surface area contributed by atoms with Crippen molar-refractivity contribution in [2.45, 2.75) is 0 Å². The number of nitrogens with zero attached hydrogens (tertiary/aromatic N) is 2. The number of aromatic nitrogens is 1. The number of benzene rings is 9. The average Bonchev–Trinajstić information content (AvgIpc) is 3.72. The molecule has 1 heterocycles. The van der Waals surface area contributed by atoms with Gasteiger partial charge in [0, 0.05) is 33.5 Å². The lowest BCUT2D eigenvalue weighted by Gasteiger charge is -2.27. The van der Waals surface area contributed by atoms with Gasteiger partial charge in [-0.15, -0.1) is 0 Å². The topological polar surface area (TPSA) is 8.17 Å². The van der Waals surface area contributed by atoms with Gasteiger partial charge in [0.1, 0.15) is 0 Å². The van der Waals surface area contributed by atoms with Crippen LogP contribution in [-0.4, -0.2) is 4.57 Å². The highest BCUT2D eigenvalue weighted by Gasteiger charge is 2.26. The Balaban J connectivity index is 1.14. The number of anilines is 3. The van der Waals surface area contributed by atoms with Gasteiger partial charge in [-0.1, -0.05) is 133 Å². The maximum Gasteiger partial charge on any atom is 0.0561 e. The first-order chi connectivity index (χ1) is 25.8. The SMILES string of the molecule is c1ccc(-c2ccc(N(c3ccc4c(c3)-c3cccc5cc6ccccc6c-4c35)c3ccc4c5ccccc5n(-c5ccccc5)c4c3)cc2)cc1. The smallest absolute Gasteiger partial charge is 0.0561 e. The summed E-state index contributed by atoms with van der Waals surface area (Å²) < 4.78 is 2.40. The monoisotopic (exact) mass is 660 g/mol. The molecular weight excluding hydrogens is 629 g/mol. The maximum absolute atomic E-state index is 2.42. The van der Waals surface area contributed by atoms with E-state index in [1.54, 1.807) is 0 Å². The highest BCUT2D eigenvalue weighted by atomic mass is 15.1. The Morgan fingerprint density at radius 3 is 1.83 bits per heavy atom. The summed E-state index contributed by atoms with van der Waals surface area (Å²) in [4.78, 5) is 2.42. The van der Waals surface area contributed by atoms with Gasteiger partial charge in [-0.2, -0.15) is 0 Å². The van der Waals surface area contributed by atoms with Gasteiger partial charge in [0.15, 0.2) is 0 Å². The summed E-state index contributed by atoms with van der Waals surface area (Å²) in [6.45, 7) is 0. The molecule has 1 aliphatic carbocycles. The summed E-state index contributed by atoms with van der Waals surface area (Å²) in [5.74, 6) is 0. The highest BCUT2D eigenvalue weighted by Crippen LogP contribution is 2.52. The third-order valence-electron chi connectivity index (χ3n) is 10.9. The van der Waals surface area contributed by atoms with Crippen LogP contribution in [0.15, 0.2) is 194 Å². The van der Waals surface area contributed by atoms with E-state index in [2.05, 4.69) is 204 Å². The van der Waals surface area contributed by atoms with E-state index < -0.39 is 0 Å². The van der Waals surface area contributed by atoms with Crippen LogP contribution in [0.5, 0.6) is 0 Å². The molecule has 0 spiro atoms. The van der Waals surface area contributed by atoms with Crippen molar-refractivity contribution >= 4 is 60.4 Å². The van der Waals surface area contributed by atoms with Crippen molar-refractivity contribution in [2.24, 2.45) is 0 Å². The highest BCUT2D eigenvalue weighted by molar-refractivity contribution is 6.24. The van der Waals surface area contributed by atoms with E-state index in [0.717, 1.165) is 22.7 Å². The molecule has 0 atom stereocenters. The van der Waals surface area contributed by atoms with Gasteiger partial charge in [0.2, 0.25) is 0 Å². The van der Waals surface area contributed by atoms with Crippen LogP contribution >= 0.6 is 0 Å². The summed E-state index contributed by atoms with van der Waals surface area (Å²) in [7, 11) is 0. The summed E-state index contributed by atoms with van der Waals surface area (Å²) >= 11 is 0. The Morgan fingerprint density at radius 1 is 0.346 bits per heavy atom. The quantitative estimate of drug-likeness (QED) is 0.167. The molecule has 2 heteroatoms. The molecular formula is C50H32N2. The Bertz CT molecular complexity index is 2990. The van der Waals surface area contributed by atoms with Gasteiger partial charge in [-0.25, -0.2) is 0 Å². The van der Waals surface area contributed by atoms with Gasteiger partial charge in [-0.05, 0) is 116 Å². The van der Waals surface area contributed by atoms with Crippen molar-refractivity contribution < 1.29 is 0 Å². The normalized spacial score (nSPS) is 11.8. The number of fused-ring (bicyclic) bond motifs is 8. The molecule has 52 heavy (non-hydrogen) atoms. The third kappa shape index (κ3) is 4.31. The number of hydrogen-bond acceptors (Lipinski definition) is 1. The third-order valence-corrected chi connectivity index (χ3v) is 10.9. The Kier molecular flexibility index (Phi) is 6.28. The summed E-state index contributed by atoms with van der Waals surface area (Å²) in [6.07, 6.45) is 0. The number of hydrogen-bond donors (Lipinski definition) is 0. The number of para-hydroxylation sites is 2. The van der Waals surface area contributed by atoms with Crippen LogP contribution in [0.1, 0.15) is 0 Å². The molecule has 2 nitrogen and oxygen atoms in total. The molecule has 1 aliphatic rings. The van der Waals surface area contributed by atoms with E-state index in [1.165, 1.54) is 76.7 Å². The Hall–Kier alpha value is -6.90. The zero-order valence-electron chi connectivity index (χ0n) is 28.4. The molecule has 0 fully saturated rings. The lowest BCUT2D eigenvalue weighted by atomic mass is 9.96. The van der Waals surface area contributed by atoms with E-state index in [-0.39, 0.29) is 0 Å². The largest absolute Gasteiger partial charge is 0.310 e. The van der Waals surface area contributed by atoms with Gasteiger partial charge in [0.05, 0.1) is 11.0 Å². The fourth-order valence-electron chi connectivity index (χ4n) is 8.57. The molecule has 0 bridgehead atoms. The molecule has 0 saturated carbocycles. The van der Waals surface area contributed by atoms with Crippen LogP contribution in [0.4, 0.5) is 17.1 Å². The fourth-order valence-corrected chi connectivity index (χ4v) is 8.57. The standard InChI is InChI=1S/C50H32N2/c1-3-12-33(13-4-1)34-22-24-38(25-23-34)51(40-26-28-43-42-19-9-10-21-47(42)52(48(43)32-40)37-16-5-2-6-17-37)39-27-29-45-46(31-39)44-20-11-15-36-30-35-14-7-8-18-41(35)50(45)49(36)44/h1-32H. The zero-order chi connectivity index (χ0) is 34.2. The van der Waals surface area contributed by atoms with Crippen molar-refractivity contribution in [3.05, 3.63) is 194 Å². The molecule has 0 N–H and O–H groups in total. The van der Waals surface area contributed by atoms with Gasteiger partial charge < -0.3 is 9.47 Å². The van der Waals surface area contributed by atoms with Gasteiger partial charge in [-0.3, -0.25) is 0 Å². The van der Waals surface area contributed by atoms with Crippen LogP contribution in [0.2, 0.25) is 0 Å². The molecule has 1 aromatic heterocycles. The number of rotatable bonds is 5. The molecule has 0 saturated heterocycles. The summed E-state index contributed by atoms with van der Waals surface area (Å²) in [5.41, 5.74) is 14.5. The lowest BCUT2D eigenvalue weighted by molar-refractivity contribution is 1.18. The minimum absolute atomic E-state index is 1.11. The van der Waals surface area contributed by atoms with Crippen LogP contribution in [0.25, 0.3) is 82.4 Å². The average molecular weight is 661 g/mol. The van der Waals surface area contributed by atoms with E-state index in [9.17, 15) is 0 Å². The predicted octanol–water partition coefficient (Wildman–Crippen LogP) is 13.9. The van der Waals surface area contributed by atoms with E-state index in [4.69, 9.17) is 0 Å². The first kappa shape index (κ1) is 28.9. The maximum atomic E-state index is 2.42. The Morgan fingerprint density at radius 2 is 0.981 bits per heavy atom. The van der Waals surface area contributed by atoms with Crippen LogP contribution in [0, 0.1) is 0 Å². The molecule has 0 radical (unpaired) electrons. The minimum Gasteiger partial charge on any atom is -0.310 e. The van der Waals surface area contributed by atoms with Crippen molar-refractivity contribution in [3.8, 4) is 39.1 Å². The minimum atomic E-state index is 1.11. The molecule has 9 aromatic carbocycles. The summed E-state index contributed by atoms with van der Waals surface area (Å²) in [6, 6.07) is 70.9. The predicted molar refractivity (Wildman–Crippen MR) is 220 cm³/mol.